The first kappa shape index (κ1) is 25.3. The standard InChI is InChI=1S/C30H24ClN5OS/c1-18-7-13-22(14-8-18)35-30-25(29(37)34-16-15-19-5-3-2-4-6-19)26-27(38-30)24(23(17-32)28(33)36-26)20-9-11-21(31)12-10-20/h2-14,35H,15-16H2,1H3,(H2,33,36)(H,34,37). The summed E-state index contributed by atoms with van der Waals surface area (Å²) in [6, 6.07) is 27.3. The van der Waals surface area contributed by atoms with Crippen LogP contribution in [-0.2, 0) is 6.42 Å². The van der Waals surface area contributed by atoms with Crippen molar-refractivity contribution in [1.82, 2.24) is 10.3 Å². The number of benzene rings is 3. The minimum atomic E-state index is -0.263. The summed E-state index contributed by atoms with van der Waals surface area (Å²) in [5, 5.41) is 17.6. The van der Waals surface area contributed by atoms with Crippen molar-refractivity contribution in [2.45, 2.75) is 13.3 Å². The lowest BCUT2D eigenvalue weighted by Gasteiger charge is -2.10. The number of rotatable bonds is 7. The van der Waals surface area contributed by atoms with Crippen LogP contribution in [0, 0.1) is 18.3 Å². The van der Waals surface area contributed by atoms with Gasteiger partial charge >= 0.3 is 0 Å². The molecule has 0 spiro atoms. The number of hydrogen-bond donors (Lipinski definition) is 3. The molecular weight excluding hydrogens is 514 g/mol. The zero-order valence-corrected chi connectivity index (χ0v) is 22.2. The number of nitrogens with two attached hydrogens (primary N) is 1. The summed E-state index contributed by atoms with van der Waals surface area (Å²) in [5.74, 6) is -0.191. The smallest absolute Gasteiger partial charge is 0.256 e. The Kier molecular flexibility index (Phi) is 7.27. The highest BCUT2D eigenvalue weighted by atomic mass is 35.5. The van der Waals surface area contributed by atoms with Gasteiger partial charge in [0.25, 0.3) is 5.91 Å². The van der Waals surface area contributed by atoms with Crippen molar-refractivity contribution in [2.75, 3.05) is 17.6 Å². The molecule has 5 rings (SSSR count). The number of pyridine rings is 1. The van der Waals surface area contributed by atoms with Gasteiger partial charge in [-0.2, -0.15) is 5.26 Å². The molecule has 2 heterocycles. The number of halogens is 1. The normalized spacial score (nSPS) is 10.8. The lowest BCUT2D eigenvalue weighted by molar-refractivity contribution is 0.0957. The highest BCUT2D eigenvalue weighted by Gasteiger charge is 2.26. The fourth-order valence-corrected chi connectivity index (χ4v) is 5.60. The van der Waals surface area contributed by atoms with E-state index in [1.54, 1.807) is 12.1 Å². The summed E-state index contributed by atoms with van der Waals surface area (Å²) >= 11 is 7.50. The van der Waals surface area contributed by atoms with Crippen LogP contribution in [0.25, 0.3) is 21.3 Å². The number of nitriles is 1. The Morgan fingerprint density at radius 2 is 1.76 bits per heavy atom. The second-order valence-corrected chi connectivity index (χ2v) is 10.3. The maximum absolute atomic E-state index is 13.6. The summed E-state index contributed by atoms with van der Waals surface area (Å²) in [6.07, 6.45) is 0.694. The minimum absolute atomic E-state index is 0.0722. The number of aryl methyl sites for hydroxylation is 1. The Labute approximate surface area is 229 Å². The molecule has 0 aliphatic rings. The molecule has 0 unspecified atom stereocenters. The van der Waals surface area contributed by atoms with Crippen molar-refractivity contribution >= 4 is 55.6 Å². The molecule has 0 saturated heterocycles. The van der Waals surface area contributed by atoms with Gasteiger partial charge in [0.2, 0.25) is 0 Å². The predicted octanol–water partition coefficient (Wildman–Crippen LogP) is 7.10. The number of carbonyl (C=O) groups is 1. The van der Waals surface area contributed by atoms with Gasteiger partial charge in [0.15, 0.2) is 0 Å². The quantitative estimate of drug-likeness (QED) is 0.205. The Balaban J connectivity index is 1.62. The van der Waals surface area contributed by atoms with E-state index < -0.39 is 0 Å². The van der Waals surface area contributed by atoms with E-state index in [4.69, 9.17) is 17.3 Å². The van der Waals surface area contributed by atoms with Crippen molar-refractivity contribution < 1.29 is 4.79 Å². The Hall–Kier alpha value is -4.38. The first-order valence-corrected chi connectivity index (χ1v) is 13.2. The van der Waals surface area contributed by atoms with E-state index in [0.717, 1.165) is 22.4 Å². The molecule has 0 radical (unpaired) electrons. The molecule has 0 bridgehead atoms. The van der Waals surface area contributed by atoms with Gasteiger partial charge in [-0.05, 0) is 48.7 Å². The number of aromatic nitrogens is 1. The summed E-state index contributed by atoms with van der Waals surface area (Å²) in [6.45, 7) is 2.48. The van der Waals surface area contributed by atoms with Crippen LogP contribution < -0.4 is 16.4 Å². The number of fused-ring (bicyclic) bond motifs is 1. The van der Waals surface area contributed by atoms with E-state index in [-0.39, 0.29) is 17.3 Å². The summed E-state index contributed by atoms with van der Waals surface area (Å²) < 4.78 is 0.695. The topological polar surface area (TPSA) is 104 Å². The highest BCUT2D eigenvalue weighted by molar-refractivity contribution is 7.24. The van der Waals surface area contributed by atoms with Crippen LogP contribution in [0.15, 0.2) is 78.9 Å². The largest absolute Gasteiger partial charge is 0.383 e. The van der Waals surface area contributed by atoms with E-state index in [1.165, 1.54) is 11.3 Å². The molecule has 188 valence electrons. The number of nitrogen functional groups attached to an aromatic ring is 1. The van der Waals surface area contributed by atoms with Crippen molar-refractivity contribution in [2.24, 2.45) is 0 Å². The molecule has 1 amide bonds. The third kappa shape index (κ3) is 5.18. The average molecular weight is 538 g/mol. The third-order valence-corrected chi connectivity index (χ3v) is 7.54. The number of carbonyl (C=O) groups excluding carboxylic acids is 1. The maximum atomic E-state index is 13.6. The van der Waals surface area contributed by atoms with E-state index in [2.05, 4.69) is 21.7 Å². The molecular formula is C30H24ClN5OS. The first-order valence-electron chi connectivity index (χ1n) is 12.0. The van der Waals surface area contributed by atoms with Crippen LogP contribution in [0.3, 0.4) is 0 Å². The van der Waals surface area contributed by atoms with Gasteiger partial charge in [-0.3, -0.25) is 4.79 Å². The Bertz CT molecular complexity index is 1660. The van der Waals surface area contributed by atoms with E-state index in [1.807, 2.05) is 73.7 Å². The number of amides is 1. The van der Waals surface area contributed by atoms with E-state index in [0.29, 0.717) is 44.3 Å². The highest BCUT2D eigenvalue weighted by Crippen LogP contribution is 2.44. The fourth-order valence-electron chi connectivity index (χ4n) is 4.24. The molecule has 2 aromatic heterocycles. The average Bonchev–Trinajstić information content (AvgIpc) is 3.27. The van der Waals surface area contributed by atoms with Gasteiger partial charge in [0, 0.05) is 22.8 Å². The van der Waals surface area contributed by atoms with Gasteiger partial charge in [-0.25, -0.2) is 4.98 Å². The summed E-state index contributed by atoms with van der Waals surface area (Å²) in [4.78, 5) is 18.2. The molecule has 0 fully saturated rings. The number of anilines is 3. The van der Waals surface area contributed by atoms with Crippen LogP contribution in [0.1, 0.15) is 27.0 Å². The van der Waals surface area contributed by atoms with Crippen molar-refractivity contribution in [3.63, 3.8) is 0 Å². The van der Waals surface area contributed by atoms with Crippen LogP contribution in [0.5, 0.6) is 0 Å². The lowest BCUT2D eigenvalue weighted by atomic mass is 10.00. The van der Waals surface area contributed by atoms with Crippen molar-refractivity contribution in [3.8, 4) is 17.2 Å². The number of nitrogens with zero attached hydrogens (tertiary/aromatic N) is 2. The van der Waals surface area contributed by atoms with Gasteiger partial charge < -0.3 is 16.4 Å². The summed E-state index contributed by atoms with van der Waals surface area (Å²) in [5.41, 5.74) is 11.9. The van der Waals surface area contributed by atoms with E-state index >= 15 is 0 Å². The Morgan fingerprint density at radius 3 is 2.45 bits per heavy atom. The zero-order chi connectivity index (χ0) is 26.6. The van der Waals surface area contributed by atoms with Crippen LogP contribution >= 0.6 is 22.9 Å². The second kappa shape index (κ2) is 10.9. The van der Waals surface area contributed by atoms with Crippen molar-refractivity contribution in [1.29, 1.82) is 5.26 Å². The molecule has 38 heavy (non-hydrogen) atoms. The van der Waals surface area contributed by atoms with Crippen molar-refractivity contribution in [3.05, 3.63) is 106 Å². The zero-order valence-electron chi connectivity index (χ0n) is 20.6. The molecule has 4 N–H and O–H groups in total. The molecule has 3 aromatic carbocycles. The fraction of sp³-hybridized carbons (Fsp3) is 0.100. The second-order valence-electron chi connectivity index (χ2n) is 8.83. The number of hydrogen-bond acceptors (Lipinski definition) is 6. The molecule has 8 heteroatoms. The van der Waals surface area contributed by atoms with Gasteiger partial charge in [0.05, 0.1) is 10.2 Å². The monoisotopic (exact) mass is 537 g/mol. The third-order valence-electron chi connectivity index (χ3n) is 6.17. The molecule has 0 aliphatic heterocycles. The number of thiophene rings is 1. The van der Waals surface area contributed by atoms with Gasteiger partial charge in [0.1, 0.15) is 28.0 Å². The van der Waals surface area contributed by atoms with Crippen LogP contribution in [0.2, 0.25) is 5.02 Å². The Morgan fingerprint density at radius 1 is 1.05 bits per heavy atom. The molecule has 0 atom stereocenters. The number of nitrogens with one attached hydrogen (secondary N) is 2. The van der Waals surface area contributed by atoms with Gasteiger partial charge in [-0.1, -0.05) is 71.8 Å². The molecule has 0 saturated carbocycles. The SMILES string of the molecule is Cc1ccc(Nc2sc3c(-c4ccc(Cl)cc4)c(C#N)c(N)nc3c2C(=O)NCCc2ccccc2)cc1. The summed E-state index contributed by atoms with van der Waals surface area (Å²) in [7, 11) is 0. The van der Waals surface area contributed by atoms with Crippen LogP contribution in [-0.4, -0.2) is 17.4 Å². The van der Waals surface area contributed by atoms with Gasteiger partial charge in [-0.15, -0.1) is 11.3 Å². The maximum Gasteiger partial charge on any atom is 0.256 e. The first-order chi connectivity index (χ1) is 18.4. The molecule has 5 aromatic rings. The minimum Gasteiger partial charge on any atom is -0.383 e. The van der Waals surface area contributed by atoms with E-state index in [9.17, 15) is 10.1 Å². The predicted molar refractivity (Wildman–Crippen MR) is 156 cm³/mol. The lowest BCUT2D eigenvalue weighted by Crippen LogP contribution is -2.26. The molecule has 0 aliphatic carbocycles. The van der Waals surface area contributed by atoms with Crippen LogP contribution in [0.4, 0.5) is 16.5 Å². The molecule has 6 nitrogen and oxygen atoms in total.